The average Bonchev–Trinajstić information content (AvgIpc) is 3.84. The molecule has 2 bridgehead atoms. The Hall–Kier alpha value is -3.95. The van der Waals surface area contributed by atoms with Gasteiger partial charge in [0.15, 0.2) is 0 Å². The van der Waals surface area contributed by atoms with Gasteiger partial charge in [0.05, 0.1) is 30.0 Å². The van der Waals surface area contributed by atoms with Gasteiger partial charge in [-0.05, 0) is 85.3 Å². The van der Waals surface area contributed by atoms with Crippen LogP contribution in [0.4, 0.5) is 0 Å². The third-order valence-electron chi connectivity index (χ3n) is 12.6. The number of aromatic nitrogens is 1. The standard InChI is InChI=1S/C41H47N3O5S/c1-28-36(42-38(49-28)31-14-8-5-9-15-31)18-20-48-34-16-10-13-30(22-34)21-32-25-43(24-29-11-6-4-7-12-29)26-35(32)39(45)44-37-23-33-17-19-41(37,40(33,2)3)27-50(44,46)47/h4-16,22,32-33,35,37H,17-21,23-27H2,1-3H3/t32-,33?,35+,37?,41-/m0/s1. The zero-order chi connectivity index (χ0) is 34.7. The SMILES string of the molecule is Cc1oc(-c2ccccc2)nc1CCOc1cccc(C[C@H]2CN(Cc3ccccc3)C[C@H]2C(=O)N2C3CC4CC[C@@]3(CS2(=O)=O)C4(C)C)c1. The Morgan fingerprint density at radius 2 is 1.72 bits per heavy atom. The molecule has 2 aliphatic carbocycles. The van der Waals surface area contributed by atoms with Crippen molar-refractivity contribution >= 4 is 15.9 Å². The number of rotatable bonds is 10. The molecule has 0 radical (unpaired) electrons. The maximum atomic E-state index is 14.6. The average molecular weight is 694 g/mol. The number of aryl methyl sites for hydroxylation is 1. The number of ether oxygens (including phenoxy) is 1. The van der Waals surface area contributed by atoms with Gasteiger partial charge in [-0.2, -0.15) is 0 Å². The Morgan fingerprint density at radius 1 is 0.980 bits per heavy atom. The molecule has 4 aliphatic rings. The molecule has 1 aromatic heterocycles. The topological polar surface area (TPSA) is 93.0 Å². The lowest BCUT2D eigenvalue weighted by molar-refractivity contribution is -0.134. The highest BCUT2D eigenvalue weighted by molar-refractivity contribution is 7.90. The van der Waals surface area contributed by atoms with Gasteiger partial charge >= 0.3 is 0 Å². The molecule has 1 spiro atoms. The largest absolute Gasteiger partial charge is 0.493 e. The van der Waals surface area contributed by atoms with Crippen LogP contribution >= 0.6 is 0 Å². The number of carbonyl (C=O) groups is 1. The lowest BCUT2D eigenvalue weighted by Crippen LogP contribution is -2.47. The van der Waals surface area contributed by atoms with Gasteiger partial charge in [-0.25, -0.2) is 17.7 Å². The van der Waals surface area contributed by atoms with Crippen molar-refractivity contribution in [2.45, 2.75) is 65.5 Å². The highest BCUT2D eigenvalue weighted by atomic mass is 32.2. The molecular weight excluding hydrogens is 647 g/mol. The van der Waals surface area contributed by atoms with Crippen LogP contribution in [0.3, 0.4) is 0 Å². The molecule has 2 saturated carbocycles. The summed E-state index contributed by atoms with van der Waals surface area (Å²) in [6, 6.07) is 28.1. The van der Waals surface area contributed by atoms with Crippen molar-refractivity contribution in [3.05, 3.63) is 108 Å². The predicted molar refractivity (Wildman–Crippen MR) is 193 cm³/mol. The minimum atomic E-state index is -3.69. The maximum absolute atomic E-state index is 14.6. The third kappa shape index (κ3) is 5.76. The van der Waals surface area contributed by atoms with E-state index < -0.39 is 15.9 Å². The van der Waals surface area contributed by atoms with Crippen LogP contribution in [-0.4, -0.2) is 60.0 Å². The molecule has 8 nitrogen and oxygen atoms in total. The van der Waals surface area contributed by atoms with Crippen molar-refractivity contribution in [2.24, 2.45) is 28.6 Å². The number of nitrogens with zero attached hydrogens (tertiary/aromatic N) is 3. The highest BCUT2D eigenvalue weighted by Crippen LogP contribution is 2.70. The van der Waals surface area contributed by atoms with Crippen LogP contribution < -0.4 is 4.74 Å². The van der Waals surface area contributed by atoms with E-state index in [0.717, 1.165) is 60.7 Å². The monoisotopic (exact) mass is 693 g/mol. The van der Waals surface area contributed by atoms with Crippen molar-refractivity contribution < 1.29 is 22.4 Å². The number of fused-ring (bicyclic) bond motifs is 1. The number of carbonyl (C=O) groups excluding carboxylic acids is 1. The van der Waals surface area contributed by atoms with Crippen LogP contribution in [0.5, 0.6) is 5.75 Å². The summed E-state index contributed by atoms with van der Waals surface area (Å²) in [5.74, 6) is 2.13. The highest BCUT2D eigenvalue weighted by Gasteiger charge is 2.72. The van der Waals surface area contributed by atoms with Crippen LogP contribution in [0.1, 0.15) is 55.7 Å². The quantitative estimate of drug-likeness (QED) is 0.178. The Kier molecular flexibility index (Phi) is 8.42. The van der Waals surface area contributed by atoms with Crippen LogP contribution in [-0.2, 0) is 34.2 Å². The molecule has 3 aromatic carbocycles. The number of amides is 1. The van der Waals surface area contributed by atoms with Gasteiger partial charge in [0.2, 0.25) is 21.8 Å². The molecule has 262 valence electrons. The van der Waals surface area contributed by atoms with Gasteiger partial charge in [0.1, 0.15) is 11.5 Å². The first kappa shape index (κ1) is 33.2. The first-order valence-corrected chi connectivity index (χ1v) is 19.7. The van der Waals surface area contributed by atoms with E-state index >= 15 is 0 Å². The van der Waals surface area contributed by atoms with Gasteiger partial charge in [0.25, 0.3) is 0 Å². The molecule has 0 N–H and O–H groups in total. The Balaban J connectivity index is 0.987. The molecule has 50 heavy (non-hydrogen) atoms. The Labute approximate surface area is 295 Å². The lowest BCUT2D eigenvalue weighted by atomic mass is 9.69. The van der Waals surface area contributed by atoms with E-state index in [1.807, 2.05) is 67.6 Å². The van der Waals surface area contributed by atoms with E-state index in [1.54, 1.807) is 0 Å². The van der Waals surface area contributed by atoms with Crippen molar-refractivity contribution in [1.82, 2.24) is 14.2 Å². The molecule has 5 atom stereocenters. The van der Waals surface area contributed by atoms with Crippen molar-refractivity contribution in [3.8, 4) is 17.2 Å². The van der Waals surface area contributed by atoms with Gasteiger partial charge in [0, 0.05) is 37.0 Å². The minimum absolute atomic E-state index is 0.0194. The van der Waals surface area contributed by atoms with Crippen LogP contribution in [0.25, 0.3) is 11.5 Å². The molecule has 8 rings (SSSR count). The smallest absolute Gasteiger partial charge is 0.241 e. The van der Waals surface area contributed by atoms with Crippen molar-refractivity contribution in [2.75, 3.05) is 25.4 Å². The minimum Gasteiger partial charge on any atom is -0.493 e. The zero-order valence-corrected chi connectivity index (χ0v) is 30.1. The number of hydrogen-bond donors (Lipinski definition) is 0. The summed E-state index contributed by atoms with van der Waals surface area (Å²) in [7, 11) is -3.69. The van der Waals surface area contributed by atoms with E-state index in [-0.39, 0.29) is 34.4 Å². The van der Waals surface area contributed by atoms with E-state index in [9.17, 15) is 13.2 Å². The van der Waals surface area contributed by atoms with Crippen LogP contribution in [0, 0.1) is 35.5 Å². The molecule has 2 saturated heterocycles. The molecule has 2 aliphatic heterocycles. The molecule has 1 amide bonds. The first-order chi connectivity index (χ1) is 24.0. The van der Waals surface area contributed by atoms with Gasteiger partial charge in [-0.1, -0.05) is 74.5 Å². The van der Waals surface area contributed by atoms with Gasteiger partial charge in [-0.3, -0.25) is 9.69 Å². The molecule has 3 heterocycles. The summed E-state index contributed by atoms with van der Waals surface area (Å²) >= 11 is 0. The molecular formula is C41H47N3O5S. The van der Waals surface area contributed by atoms with Gasteiger partial charge < -0.3 is 9.15 Å². The second kappa shape index (κ2) is 12.7. The van der Waals surface area contributed by atoms with E-state index in [4.69, 9.17) is 14.1 Å². The fourth-order valence-electron chi connectivity index (χ4n) is 9.86. The molecule has 4 aromatic rings. The third-order valence-corrected chi connectivity index (χ3v) is 14.5. The maximum Gasteiger partial charge on any atom is 0.241 e. The number of likely N-dealkylation sites (tertiary alicyclic amines) is 1. The van der Waals surface area contributed by atoms with E-state index in [0.29, 0.717) is 37.8 Å². The number of sulfonamides is 1. The molecule has 2 unspecified atom stereocenters. The first-order valence-electron chi connectivity index (χ1n) is 18.1. The summed E-state index contributed by atoms with van der Waals surface area (Å²) in [5, 5.41) is 0. The van der Waals surface area contributed by atoms with E-state index in [2.05, 4.69) is 43.0 Å². The van der Waals surface area contributed by atoms with Crippen molar-refractivity contribution in [1.29, 1.82) is 0 Å². The number of oxazole rings is 1. The van der Waals surface area contributed by atoms with Gasteiger partial charge in [-0.15, -0.1) is 0 Å². The fourth-order valence-corrected chi connectivity index (χ4v) is 12.4. The second-order valence-electron chi connectivity index (χ2n) is 15.6. The summed E-state index contributed by atoms with van der Waals surface area (Å²) in [4.78, 5) is 21.7. The predicted octanol–water partition coefficient (Wildman–Crippen LogP) is 6.93. The Morgan fingerprint density at radius 3 is 2.48 bits per heavy atom. The summed E-state index contributed by atoms with van der Waals surface area (Å²) in [6.07, 6.45) is 4.03. The van der Waals surface area contributed by atoms with Crippen LogP contribution in [0.15, 0.2) is 89.3 Å². The zero-order valence-electron chi connectivity index (χ0n) is 29.3. The Bertz CT molecular complexity index is 1980. The van der Waals surface area contributed by atoms with E-state index in [1.165, 1.54) is 9.87 Å². The second-order valence-corrected chi connectivity index (χ2v) is 17.5. The number of hydrogen-bond acceptors (Lipinski definition) is 7. The van der Waals surface area contributed by atoms with Crippen molar-refractivity contribution in [3.63, 3.8) is 0 Å². The fraction of sp³-hybridized carbons (Fsp3) is 0.463. The van der Waals surface area contributed by atoms with Crippen LogP contribution in [0.2, 0.25) is 0 Å². The number of benzene rings is 3. The summed E-state index contributed by atoms with van der Waals surface area (Å²) in [6.45, 7) is 8.86. The summed E-state index contributed by atoms with van der Waals surface area (Å²) in [5.41, 5.74) is 3.69. The summed E-state index contributed by atoms with van der Waals surface area (Å²) < 4.78 is 41.3. The lowest BCUT2D eigenvalue weighted by Gasteiger charge is -2.37. The molecule has 9 heteroatoms. The molecule has 4 fully saturated rings. The normalized spacial score (nSPS) is 27.9.